The van der Waals surface area contributed by atoms with Crippen molar-refractivity contribution in [3.05, 3.63) is 28.9 Å². The first-order valence-electron chi connectivity index (χ1n) is 8.82. The Morgan fingerprint density at radius 3 is 2.67 bits per heavy atom. The molecule has 0 aromatic carbocycles. The minimum Gasteiger partial charge on any atom is -0.515 e. The zero-order valence-corrected chi connectivity index (χ0v) is 14.5. The average Bonchev–Trinajstić information content (AvgIpc) is 3.42. The summed E-state index contributed by atoms with van der Waals surface area (Å²) in [7, 11) is 1.67. The van der Waals surface area contributed by atoms with E-state index in [0.29, 0.717) is 23.8 Å². The second-order valence-corrected chi connectivity index (χ2v) is 7.74. The van der Waals surface area contributed by atoms with Crippen LogP contribution in [-0.4, -0.2) is 28.0 Å². The standard InChI is InChI=1S/C19H24N2O3/c1-10-14-7-6-13-16(19(14,2)8-12(9-22)15(10)23)20-17(11-4-5-11)21-18(13)24-3/h9-11,14,22H,4-8H2,1-3H3/b12-9-/t10-,14-,19-/m0/s1. The van der Waals surface area contributed by atoms with Crippen LogP contribution >= 0.6 is 0 Å². The zero-order valence-electron chi connectivity index (χ0n) is 14.5. The summed E-state index contributed by atoms with van der Waals surface area (Å²) < 4.78 is 5.58. The lowest BCUT2D eigenvalue weighted by Gasteiger charge is -2.48. The highest BCUT2D eigenvalue weighted by atomic mass is 16.5. The number of ketones is 1. The van der Waals surface area contributed by atoms with Crippen LogP contribution in [0.15, 0.2) is 11.8 Å². The molecule has 0 aliphatic heterocycles. The first-order chi connectivity index (χ1) is 11.5. The number of allylic oxidation sites excluding steroid dienone is 1. The van der Waals surface area contributed by atoms with Crippen molar-refractivity contribution < 1.29 is 14.6 Å². The number of aliphatic hydroxyl groups is 1. The van der Waals surface area contributed by atoms with Gasteiger partial charge < -0.3 is 9.84 Å². The molecule has 0 amide bonds. The van der Waals surface area contributed by atoms with Crippen LogP contribution in [0.1, 0.15) is 62.5 Å². The molecule has 1 aromatic heterocycles. The predicted octanol–water partition coefficient (Wildman–Crippen LogP) is 3.23. The molecule has 2 saturated carbocycles. The molecule has 2 fully saturated rings. The second-order valence-electron chi connectivity index (χ2n) is 7.74. The first-order valence-corrected chi connectivity index (χ1v) is 8.82. The quantitative estimate of drug-likeness (QED) is 0.666. The predicted molar refractivity (Wildman–Crippen MR) is 89.2 cm³/mol. The van der Waals surface area contributed by atoms with Gasteiger partial charge in [0.15, 0.2) is 5.78 Å². The van der Waals surface area contributed by atoms with Crippen LogP contribution < -0.4 is 4.74 Å². The Kier molecular flexibility index (Phi) is 3.44. The fraction of sp³-hybridized carbons (Fsp3) is 0.632. The number of ether oxygens (including phenoxy) is 1. The molecule has 1 aromatic rings. The normalized spacial score (nSPS) is 34.0. The maximum absolute atomic E-state index is 12.5. The first kappa shape index (κ1) is 15.6. The molecular formula is C19H24N2O3. The zero-order chi connectivity index (χ0) is 17.1. The number of fused-ring (bicyclic) bond motifs is 3. The largest absolute Gasteiger partial charge is 0.515 e. The molecule has 128 valence electrons. The van der Waals surface area contributed by atoms with Gasteiger partial charge in [-0.2, -0.15) is 4.98 Å². The van der Waals surface area contributed by atoms with E-state index in [0.717, 1.165) is 49.0 Å². The molecule has 0 saturated heterocycles. The van der Waals surface area contributed by atoms with Crippen LogP contribution in [0, 0.1) is 11.8 Å². The van der Waals surface area contributed by atoms with Gasteiger partial charge >= 0.3 is 0 Å². The van der Waals surface area contributed by atoms with Crippen molar-refractivity contribution in [2.75, 3.05) is 7.11 Å². The van der Waals surface area contributed by atoms with E-state index >= 15 is 0 Å². The Labute approximate surface area is 142 Å². The number of hydrogen-bond acceptors (Lipinski definition) is 5. The van der Waals surface area contributed by atoms with E-state index in [1.165, 1.54) is 0 Å². The van der Waals surface area contributed by atoms with Crippen LogP contribution in [0.5, 0.6) is 5.88 Å². The van der Waals surface area contributed by atoms with Gasteiger partial charge in [-0.25, -0.2) is 4.98 Å². The molecule has 24 heavy (non-hydrogen) atoms. The molecule has 3 atom stereocenters. The van der Waals surface area contributed by atoms with Gasteiger partial charge in [0, 0.05) is 28.4 Å². The number of nitrogens with zero attached hydrogens (tertiary/aromatic N) is 2. The Morgan fingerprint density at radius 1 is 1.29 bits per heavy atom. The molecule has 0 spiro atoms. The van der Waals surface area contributed by atoms with Gasteiger partial charge in [0.2, 0.25) is 5.88 Å². The molecule has 3 aliphatic carbocycles. The number of carbonyl (C=O) groups is 1. The molecule has 0 radical (unpaired) electrons. The molecule has 5 heteroatoms. The van der Waals surface area contributed by atoms with Crippen molar-refractivity contribution in [1.82, 2.24) is 9.97 Å². The van der Waals surface area contributed by atoms with Gasteiger partial charge in [0.05, 0.1) is 19.1 Å². The summed E-state index contributed by atoms with van der Waals surface area (Å²) in [4.78, 5) is 22.1. The van der Waals surface area contributed by atoms with Crippen LogP contribution in [0.3, 0.4) is 0 Å². The summed E-state index contributed by atoms with van der Waals surface area (Å²) in [6.07, 6.45) is 5.58. The Balaban J connectivity index is 1.88. The molecular weight excluding hydrogens is 304 g/mol. The van der Waals surface area contributed by atoms with Crippen LogP contribution in [0.25, 0.3) is 0 Å². The highest BCUT2D eigenvalue weighted by Crippen LogP contribution is 2.53. The molecule has 0 bridgehead atoms. The number of rotatable bonds is 2. The van der Waals surface area contributed by atoms with Gasteiger partial charge in [0.1, 0.15) is 5.82 Å². The number of hydrogen-bond donors (Lipinski definition) is 1. The summed E-state index contributed by atoms with van der Waals surface area (Å²) in [6.45, 7) is 4.17. The Bertz CT molecular complexity index is 738. The number of carbonyl (C=O) groups excluding carboxylic acids is 1. The molecule has 1 N–H and O–H groups in total. The molecule has 0 unspecified atom stereocenters. The van der Waals surface area contributed by atoms with Gasteiger partial charge in [0.25, 0.3) is 0 Å². The highest BCUT2D eigenvalue weighted by Gasteiger charge is 2.52. The number of methoxy groups -OCH3 is 1. The van der Waals surface area contributed by atoms with Crippen molar-refractivity contribution in [3.8, 4) is 5.88 Å². The third kappa shape index (κ3) is 2.10. The SMILES string of the molecule is COc1nc(C2CC2)nc2c1CC[C@H]1[C@H](C)C(=O)/C(=C\O)C[C@]21C. The molecule has 4 rings (SSSR count). The summed E-state index contributed by atoms with van der Waals surface area (Å²) in [5.74, 6) is 2.25. The number of aromatic nitrogens is 2. The van der Waals surface area contributed by atoms with Gasteiger partial charge in [-0.1, -0.05) is 13.8 Å². The second kappa shape index (κ2) is 5.30. The third-order valence-corrected chi connectivity index (χ3v) is 6.23. The van der Waals surface area contributed by atoms with E-state index in [1.807, 2.05) is 6.92 Å². The van der Waals surface area contributed by atoms with Crippen LogP contribution in [-0.2, 0) is 16.6 Å². The smallest absolute Gasteiger partial charge is 0.219 e. The van der Waals surface area contributed by atoms with Crippen LogP contribution in [0.2, 0.25) is 0 Å². The lowest BCUT2D eigenvalue weighted by Crippen LogP contribution is -2.48. The van der Waals surface area contributed by atoms with E-state index < -0.39 is 0 Å². The third-order valence-electron chi connectivity index (χ3n) is 6.23. The van der Waals surface area contributed by atoms with Gasteiger partial charge in [-0.05, 0) is 38.0 Å². The summed E-state index contributed by atoms with van der Waals surface area (Å²) in [6, 6.07) is 0. The van der Waals surface area contributed by atoms with E-state index in [1.54, 1.807) is 7.11 Å². The summed E-state index contributed by atoms with van der Waals surface area (Å²) >= 11 is 0. The molecule has 5 nitrogen and oxygen atoms in total. The minimum absolute atomic E-state index is 0.0758. The lowest BCUT2D eigenvalue weighted by molar-refractivity contribution is -0.124. The highest BCUT2D eigenvalue weighted by molar-refractivity contribution is 5.98. The van der Waals surface area contributed by atoms with E-state index in [2.05, 4.69) is 11.9 Å². The number of Topliss-reactive ketones (excluding diaryl/α,β-unsaturated/α-hetero) is 1. The summed E-state index contributed by atoms with van der Waals surface area (Å²) in [5.41, 5.74) is 2.38. The van der Waals surface area contributed by atoms with E-state index in [-0.39, 0.29) is 23.0 Å². The number of aliphatic hydroxyl groups excluding tert-OH is 1. The fourth-order valence-corrected chi connectivity index (χ4v) is 4.75. The van der Waals surface area contributed by atoms with Crippen molar-refractivity contribution in [2.24, 2.45) is 11.8 Å². The molecule has 1 heterocycles. The van der Waals surface area contributed by atoms with E-state index in [4.69, 9.17) is 9.72 Å². The lowest BCUT2D eigenvalue weighted by atomic mass is 9.55. The van der Waals surface area contributed by atoms with Gasteiger partial charge in [-0.15, -0.1) is 0 Å². The van der Waals surface area contributed by atoms with Crippen molar-refractivity contribution >= 4 is 5.78 Å². The topological polar surface area (TPSA) is 72.3 Å². The summed E-state index contributed by atoms with van der Waals surface area (Å²) in [5, 5.41) is 9.55. The monoisotopic (exact) mass is 328 g/mol. The molecule has 3 aliphatic rings. The van der Waals surface area contributed by atoms with Crippen molar-refractivity contribution in [1.29, 1.82) is 0 Å². The van der Waals surface area contributed by atoms with Crippen LogP contribution in [0.4, 0.5) is 0 Å². The minimum atomic E-state index is -0.255. The maximum atomic E-state index is 12.5. The van der Waals surface area contributed by atoms with Gasteiger partial charge in [-0.3, -0.25) is 4.79 Å². The Hall–Kier alpha value is -1.91. The average molecular weight is 328 g/mol. The van der Waals surface area contributed by atoms with Crippen molar-refractivity contribution in [3.63, 3.8) is 0 Å². The Morgan fingerprint density at radius 2 is 2.04 bits per heavy atom. The van der Waals surface area contributed by atoms with E-state index in [9.17, 15) is 9.90 Å². The van der Waals surface area contributed by atoms with Crippen molar-refractivity contribution in [2.45, 2.75) is 57.3 Å². The maximum Gasteiger partial charge on any atom is 0.219 e. The fourth-order valence-electron chi connectivity index (χ4n) is 4.75.